The second kappa shape index (κ2) is 2.53. The zero-order chi connectivity index (χ0) is 8.43. The highest BCUT2D eigenvalue weighted by Gasteiger charge is 2.03. The van der Waals surface area contributed by atoms with Crippen molar-refractivity contribution in [2.75, 3.05) is 11.5 Å². The van der Waals surface area contributed by atoms with Crippen molar-refractivity contribution in [2.24, 2.45) is 5.73 Å². The van der Waals surface area contributed by atoms with E-state index in [1.54, 1.807) is 13.0 Å². The Bertz CT molecular complexity index is 285. The number of rotatable bonds is 1. The maximum atomic E-state index is 5.53. The first-order valence-corrected chi connectivity index (χ1v) is 3.18. The third kappa shape index (κ3) is 1.12. The molecule has 11 heavy (non-hydrogen) atoms. The number of aromatic nitrogens is 2. The smallest absolute Gasteiger partial charge is 0.152 e. The van der Waals surface area contributed by atoms with Gasteiger partial charge in [0.05, 0.1) is 11.9 Å². The molecule has 0 amide bonds. The summed E-state index contributed by atoms with van der Waals surface area (Å²) in [5.74, 6) is 0.847. The Morgan fingerprint density at radius 2 is 2.27 bits per heavy atom. The first kappa shape index (κ1) is 7.46. The lowest BCUT2D eigenvalue weighted by Crippen LogP contribution is -2.10. The van der Waals surface area contributed by atoms with Gasteiger partial charge in [-0.2, -0.15) is 5.10 Å². The summed E-state index contributed by atoms with van der Waals surface area (Å²) < 4.78 is 1.38. The van der Waals surface area contributed by atoms with E-state index in [4.69, 9.17) is 17.2 Å². The fourth-order valence-corrected chi connectivity index (χ4v) is 0.699. The van der Waals surface area contributed by atoms with Crippen molar-refractivity contribution in [1.29, 1.82) is 0 Å². The van der Waals surface area contributed by atoms with Crippen LogP contribution in [-0.4, -0.2) is 9.78 Å². The molecule has 1 rings (SSSR count). The highest BCUT2D eigenvalue weighted by atomic mass is 15.3. The van der Waals surface area contributed by atoms with E-state index in [9.17, 15) is 0 Å². The first-order valence-electron chi connectivity index (χ1n) is 3.18. The molecule has 0 aromatic carbocycles. The molecule has 0 saturated heterocycles. The molecule has 0 aliphatic heterocycles. The second-order valence-electron chi connectivity index (χ2n) is 2.11. The van der Waals surface area contributed by atoms with Crippen molar-refractivity contribution in [2.45, 2.75) is 6.92 Å². The van der Waals surface area contributed by atoms with Gasteiger partial charge in [-0.1, -0.05) is 0 Å². The molecule has 1 heterocycles. The predicted molar refractivity (Wildman–Crippen MR) is 45.2 cm³/mol. The van der Waals surface area contributed by atoms with Gasteiger partial charge in [0.15, 0.2) is 5.82 Å². The monoisotopic (exact) mass is 153 g/mol. The highest BCUT2D eigenvalue weighted by molar-refractivity contribution is 5.62. The Labute approximate surface area is 64.5 Å². The second-order valence-corrected chi connectivity index (χ2v) is 2.11. The van der Waals surface area contributed by atoms with Crippen LogP contribution in [0.25, 0.3) is 5.82 Å². The fourth-order valence-electron chi connectivity index (χ4n) is 0.699. The number of hydrogen-bond donors (Lipinski definition) is 3. The largest absolute Gasteiger partial charge is 0.394 e. The molecule has 5 heteroatoms. The van der Waals surface area contributed by atoms with Gasteiger partial charge in [0.25, 0.3) is 0 Å². The van der Waals surface area contributed by atoms with Crippen LogP contribution in [0.4, 0.5) is 11.5 Å². The molecule has 60 valence electrons. The minimum atomic E-state index is 0.376. The quantitative estimate of drug-likeness (QED) is 0.521. The zero-order valence-corrected chi connectivity index (χ0v) is 6.28. The molecule has 0 aliphatic rings. The molecule has 0 aliphatic carbocycles. The summed E-state index contributed by atoms with van der Waals surface area (Å²) in [5, 5.41) is 3.86. The SMILES string of the molecule is C/C=C(\N)n1ncc(N)c1N. The van der Waals surface area contributed by atoms with Crippen molar-refractivity contribution >= 4 is 17.3 Å². The van der Waals surface area contributed by atoms with Crippen LogP contribution in [-0.2, 0) is 0 Å². The lowest BCUT2D eigenvalue weighted by Gasteiger charge is -2.01. The van der Waals surface area contributed by atoms with Crippen LogP contribution in [0.3, 0.4) is 0 Å². The van der Waals surface area contributed by atoms with E-state index in [-0.39, 0.29) is 0 Å². The van der Waals surface area contributed by atoms with Crippen LogP contribution in [0.15, 0.2) is 12.3 Å². The molecular weight excluding hydrogens is 142 g/mol. The Morgan fingerprint density at radius 3 is 2.64 bits per heavy atom. The van der Waals surface area contributed by atoms with Gasteiger partial charge >= 0.3 is 0 Å². The molecule has 0 radical (unpaired) electrons. The standard InChI is InChI=1S/C6H11N5/c1-2-5(8)11-6(9)4(7)3-10-11/h2-3H,7-9H2,1H3/b5-2+. The summed E-state index contributed by atoms with van der Waals surface area (Å²) in [6.07, 6.45) is 3.16. The molecule has 6 N–H and O–H groups in total. The van der Waals surface area contributed by atoms with E-state index in [1.165, 1.54) is 10.9 Å². The molecule has 0 fully saturated rings. The number of anilines is 2. The van der Waals surface area contributed by atoms with Crippen LogP contribution in [0, 0.1) is 0 Å². The summed E-state index contributed by atoms with van der Waals surface area (Å²) >= 11 is 0. The van der Waals surface area contributed by atoms with Gasteiger partial charge in [0, 0.05) is 0 Å². The third-order valence-corrected chi connectivity index (χ3v) is 1.38. The topological polar surface area (TPSA) is 95.9 Å². The normalized spacial score (nSPS) is 11.9. The van der Waals surface area contributed by atoms with Crippen LogP contribution >= 0.6 is 0 Å². The number of nitrogens with two attached hydrogens (primary N) is 3. The van der Waals surface area contributed by atoms with Gasteiger partial charge in [-0.15, -0.1) is 0 Å². The van der Waals surface area contributed by atoms with E-state index in [1.807, 2.05) is 0 Å². The maximum absolute atomic E-state index is 5.53. The average Bonchev–Trinajstić information content (AvgIpc) is 2.32. The predicted octanol–water partition coefficient (Wildman–Crippen LogP) is -0.175. The Morgan fingerprint density at radius 1 is 1.64 bits per heavy atom. The lowest BCUT2D eigenvalue weighted by atomic mass is 10.5. The zero-order valence-electron chi connectivity index (χ0n) is 6.28. The average molecular weight is 153 g/mol. The molecule has 0 saturated carbocycles. The number of nitrogen functional groups attached to an aromatic ring is 2. The van der Waals surface area contributed by atoms with Crippen LogP contribution < -0.4 is 17.2 Å². The summed E-state index contributed by atoms with van der Waals surface area (Å²) in [6.45, 7) is 1.80. The number of nitrogens with zero attached hydrogens (tertiary/aromatic N) is 2. The Hall–Kier alpha value is -1.65. The van der Waals surface area contributed by atoms with Crippen molar-refractivity contribution in [3.8, 4) is 0 Å². The van der Waals surface area contributed by atoms with Gasteiger partial charge in [0.2, 0.25) is 0 Å². The van der Waals surface area contributed by atoms with E-state index >= 15 is 0 Å². The number of hydrogen-bond acceptors (Lipinski definition) is 4. The Kier molecular flexibility index (Phi) is 1.72. The first-order chi connectivity index (χ1) is 5.16. The lowest BCUT2D eigenvalue weighted by molar-refractivity contribution is 0.896. The van der Waals surface area contributed by atoms with Crippen LogP contribution in [0.5, 0.6) is 0 Å². The molecule has 0 atom stereocenters. The molecule has 1 aromatic rings. The van der Waals surface area contributed by atoms with Crippen LogP contribution in [0.1, 0.15) is 6.92 Å². The van der Waals surface area contributed by atoms with Gasteiger partial charge in [-0.25, -0.2) is 4.68 Å². The summed E-state index contributed by atoms with van der Waals surface area (Å²) in [7, 11) is 0. The highest BCUT2D eigenvalue weighted by Crippen LogP contribution is 2.14. The maximum Gasteiger partial charge on any atom is 0.152 e. The summed E-state index contributed by atoms with van der Waals surface area (Å²) in [5.41, 5.74) is 16.9. The van der Waals surface area contributed by atoms with Crippen LogP contribution in [0.2, 0.25) is 0 Å². The van der Waals surface area contributed by atoms with E-state index in [0.717, 1.165) is 0 Å². The minimum absolute atomic E-state index is 0.376. The molecule has 5 nitrogen and oxygen atoms in total. The van der Waals surface area contributed by atoms with Crippen molar-refractivity contribution in [3.63, 3.8) is 0 Å². The number of allylic oxidation sites excluding steroid dienone is 1. The molecule has 1 aromatic heterocycles. The van der Waals surface area contributed by atoms with Crippen molar-refractivity contribution < 1.29 is 0 Å². The summed E-state index contributed by atoms with van der Waals surface area (Å²) in [4.78, 5) is 0. The van der Waals surface area contributed by atoms with Crippen molar-refractivity contribution in [1.82, 2.24) is 9.78 Å². The van der Waals surface area contributed by atoms with E-state index < -0.39 is 0 Å². The van der Waals surface area contributed by atoms with E-state index in [2.05, 4.69) is 5.10 Å². The molecule has 0 bridgehead atoms. The van der Waals surface area contributed by atoms with Gasteiger partial charge in [0.1, 0.15) is 5.82 Å². The molecule has 0 unspecified atom stereocenters. The van der Waals surface area contributed by atoms with Gasteiger partial charge < -0.3 is 17.2 Å². The summed E-state index contributed by atoms with van der Waals surface area (Å²) in [6, 6.07) is 0. The Balaban J connectivity index is 3.15. The fraction of sp³-hybridized carbons (Fsp3) is 0.167. The molecule has 0 spiro atoms. The van der Waals surface area contributed by atoms with E-state index in [0.29, 0.717) is 17.3 Å². The van der Waals surface area contributed by atoms with Gasteiger partial charge in [-0.05, 0) is 13.0 Å². The van der Waals surface area contributed by atoms with Crippen molar-refractivity contribution in [3.05, 3.63) is 12.3 Å². The molecular formula is C6H11N5. The third-order valence-electron chi connectivity index (χ3n) is 1.38. The minimum Gasteiger partial charge on any atom is -0.394 e. The van der Waals surface area contributed by atoms with Gasteiger partial charge in [-0.3, -0.25) is 0 Å².